The number of nitrogens with zero attached hydrogens (tertiary/aromatic N) is 2. The topological polar surface area (TPSA) is 103 Å². The van der Waals surface area contributed by atoms with Gasteiger partial charge in [-0.1, -0.05) is 30.3 Å². The van der Waals surface area contributed by atoms with E-state index in [1.165, 1.54) is 16.9 Å². The Bertz CT molecular complexity index is 930. The molecule has 8 nitrogen and oxygen atoms in total. The number of nitrogens with one attached hydrogen (secondary N) is 3. The maximum atomic E-state index is 12.5. The molecular weight excluding hydrogens is 426 g/mol. The number of carbonyl (C=O) groups is 3. The molecule has 9 heteroatoms. The molecule has 4 rings (SSSR count). The molecule has 0 aliphatic carbocycles. The number of hydrogen-bond donors (Lipinski definition) is 3. The second-order valence-electron chi connectivity index (χ2n) is 8.45. The zero-order chi connectivity index (χ0) is 22.3. The number of benzene rings is 1. The summed E-state index contributed by atoms with van der Waals surface area (Å²) in [5.41, 5.74) is 1.97. The highest BCUT2D eigenvalue weighted by atomic mass is 32.1. The van der Waals surface area contributed by atoms with Gasteiger partial charge < -0.3 is 16.0 Å². The first kappa shape index (κ1) is 22.4. The van der Waals surface area contributed by atoms with Crippen LogP contribution in [-0.4, -0.2) is 53.3 Å². The maximum absolute atomic E-state index is 12.5. The molecule has 0 radical (unpaired) electrons. The molecule has 2 saturated heterocycles. The van der Waals surface area contributed by atoms with E-state index in [4.69, 9.17) is 0 Å². The Morgan fingerprint density at radius 1 is 1.16 bits per heavy atom. The van der Waals surface area contributed by atoms with Crippen molar-refractivity contribution >= 4 is 34.2 Å². The number of anilines is 1. The predicted octanol–water partition coefficient (Wildman–Crippen LogP) is 1.93. The minimum Gasteiger partial charge on any atom is -0.355 e. The third kappa shape index (κ3) is 6.37. The quantitative estimate of drug-likeness (QED) is 0.592. The van der Waals surface area contributed by atoms with Crippen LogP contribution < -0.4 is 16.0 Å². The molecule has 3 N–H and O–H groups in total. The van der Waals surface area contributed by atoms with Crippen molar-refractivity contribution in [3.63, 3.8) is 0 Å². The molecule has 0 bridgehead atoms. The number of piperidine rings is 2. The first-order valence-corrected chi connectivity index (χ1v) is 12.0. The lowest BCUT2D eigenvalue weighted by molar-refractivity contribution is -0.126. The number of hydrogen-bond acceptors (Lipinski definition) is 6. The van der Waals surface area contributed by atoms with Gasteiger partial charge in [-0.25, -0.2) is 4.98 Å². The van der Waals surface area contributed by atoms with Gasteiger partial charge >= 0.3 is 0 Å². The van der Waals surface area contributed by atoms with Crippen LogP contribution in [0.5, 0.6) is 0 Å². The van der Waals surface area contributed by atoms with Crippen LogP contribution in [0.4, 0.5) is 5.13 Å². The number of rotatable bonds is 7. The van der Waals surface area contributed by atoms with Crippen LogP contribution in [0.2, 0.25) is 0 Å². The van der Waals surface area contributed by atoms with E-state index >= 15 is 0 Å². The molecule has 32 heavy (non-hydrogen) atoms. The number of amides is 3. The Hall–Kier alpha value is -2.78. The van der Waals surface area contributed by atoms with Gasteiger partial charge in [0.2, 0.25) is 17.7 Å². The number of aromatic nitrogens is 1. The van der Waals surface area contributed by atoms with Gasteiger partial charge in [0.05, 0.1) is 18.0 Å². The zero-order valence-corrected chi connectivity index (χ0v) is 18.8. The van der Waals surface area contributed by atoms with E-state index in [-0.39, 0.29) is 36.1 Å². The third-order valence-electron chi connectivity index (χ3n) is 5.96. The second-order valence-corrected chi connectivity index (χ2v) is 9.31. The van der Waals surface area contributed by atoms with E-state index in [0.717, 1.165) is 32.5 Å². The molecule has 3 heterocycles. The van der Waals surface area contributed by atoms with Crippen LogP contribution in [0.3, 0.4) is 0 Å². The van der Waals surface area contributed by atoms with Crippen molar-refractivity contribution in [3.8, 4) is 0 Å². The van der Waals surface area contributed by atoms with Crippen LogP contribution >= 0.6 is 11.3 Å². The maximum Gasteiger partial charge on any atom is 0.231 e. The minimum absolute atomic E-state index is 0.0153. The van der Waals surface area contributed by atoms with Gasteiger partial charge in [-0.2, -0.15) is 0 Å². The van der Waals surface area contributed by atoms with Crippen molar-refractivity contribution in [1.29, 1.82) is 0 Å². The van der Waals surface area contributed by atoms with Gasteiger partial charge in [0.1, 0.15) is 0 Å². The average molecular weight is 456 g/mol. The van der Waals surface area contributed by atoms with E-state index in [0.29, 0.717) is 30.2 Å². The van der Waals surface area contributed by atoms with E-state index < -0.39 is 0 Å². The molecule has 2 aliphatic heterocycles. The standard InChI is InChI=1S/C23H29N5O3S/c29-20-7-6-17(13-24-20)22(31)27-23-26-19(15-32-23)12-21(30)25-18-8-10-28(11-9-18)14-16-4-2-1-3-5-16/h1-5,15,17-18H,6-14H2,(H,24,29)(H,25,30)(H,26,27,31). The van der Waals surface area contributed by atoms with Gasteiger partial charge in [-0.05, 0) is 24.8 Å². The molecule has 0 spiro atoms. The predicted molar refractivity (Wildman–Crippen MR) is 123 cm³/mol. The minimum atomic E-state index is -0.240. The van der Waals surface area contributed by atoms with E-state index in [1.807, 2.05) is 6.07 Å². The molecule has 170 valence electrons. The van der Waals surface area contributed by atoms with Crippen molar-refractivity contribution in [2.45, 2.75) is 44.7 Å². The van der Waals surface area contributed by atoms with Gasteiger partial charge in [0.15, 0.2) is 5.13 Å². The van der Waals surface area contributed by atoms with Crippen molar-refractivity contribution in [1.82, 2.24) is 20.5 Å². The largest absolute Gasteiger partial charge is 0.355 e. The lowest BCUT2D eigenvalue weighted by Crippen LogP contribution is -2.44. The smallest absolute Gasteiger partial charge is 0.231 e. The van der Waals surface area contributed by atoms with Crippen LogP contribution in [0.25, 0.3) is 0 Å². The summed E-state index contributed by atoms with van der Waals surface area (Å²) in [5, 5.41) is 10.9. The Morgan fingerprint density at radius 3 is 2.66 bits per heavy atom. The molecular formula is C23H29N5O3S. The Balaban J connectivity index is 1.18. The monoisotopic (exact) mass is 455 g/mol. The Labute approximate surface area is 191 Å². The second kappa shape index (κ2) is 10.7. The summed E-state index contributed by atoms with van der Waals surface area (Å²) >= 11 is 1.31. The third-order valence-corrected chi connectivity index (χ3v) is 6.77. The fraction of sp³-hybridized carbons (Fsp3) is 0.478. The highest BCUT2D eigenvalue weighted by Gasteiger charge is 2.25. The van der Waals surface area contributed by atoms with Crippen LogP contribution in [0.1, 0.15) is 36.9 Å². The van der Waals surface area contributed by atoms with Crippen LogP contribution in [0, 0.1) is 5.92 Å². The SMILES string of the molecule is O=C1CCC(C(=O)Nc2nc(CC(=O)NC3CCN(Cc4ccccc4)CC3)cs2)CN1. The molecule has 1 aromatic carbocycles. The molecule has 2 aliphatic rings. The van der Waals surface area contributed by atoms with Crippen LogP contribution in [-0.2, 0) is 27.3 Å². The highest BCUT2D eigenvalue weighted by Crippen LogP contribution is 2.19. The number of likely N-dealkylation sites (tertiary alicyclic amines) is 1. The van der Waals surface area contributed by atoms with Gasteiger partial charge in [-0.3, -0.25) is 19.3 Å². The van der Waals surface area contributed by atoms with Crippen molar-refractivity contribution in [3.05, 3.63) is 47.0 Å². The Morgan fingerprint density at radius 2 is 1.94 bits per heavy atom. The molecule has 1 atom stereocenters. The molecule has 3 amide bonds. The van der Waals surface area contributed by atoms with Crippen molar-refractivity contribution in [2.24, 2.45) is 5.92 Å². The number of thiazole rings is 1. The van der Waals surface area contributed by atoms with Crippen molar-refractivity contribution in [2.75, 3.05) is 25.0 Å². The fourth-order valence-electron chi connectivity index (χ4n) is 4.13. The van der Waals surface area contributed by atoms with Gasteiger partial charge in [-0.15, -0.1) is 11.3 Å². The van der Waals surface area contributed by atoms with Gasteiger partial charge in [0.25, 0.3) is 0 Å². The molecule has 2 fully saturated rings. The first-order valence-electron chi connectivity index (χ1n) is 11.1. The molecule has 0 saturated carbocycles. The summed E-state index contributed by atoms with van der Waals surface area (Å²) in [6.07, 6.45) is 2.99. The highest BCUT2D eigenvalue weighted by molar-refractivity contribution is 7.13. The summed E-state index contributed by atoms with van der Waals surface area (Å²) in [6, 6.07) is 10.6. The molecule has 2 aromatic rings. The summed E-state index contributed by atoms with van der Waals surface area (Å²) in [6.45, 7) is 3.24. The zero-order valence-electron chi connectivity index (χ0n) is 18.0. The van der Waals surface area contributed by atoms with Crippen LogP contribution in [0.15, 0.2) is 35.7 Å². The van der Waals surface area contributed by atoms with E-state index in [1.54, 1.807) is 5.38 Å². The summed E-state index contributed by atoms with van der Waals surface area (Å²) in [5.74, 6) is -0.433. The fourth-order valence-corrected chi connectivity index (χ4v) is 4.84. The average Bonchev–Trinajstić information content (AvgIpc) is 3.22. The Kier molecular flexibility index (Phi) is 7.49. The normalized spacial score (nSPS) is 19.9. The van der Waals surface area contributed by atoms with E-state index in [2.05, 4.69) is 50.1 Å². The summed E-state index contributed by atoms with van der Waals surface area (Å²) in [4.78, 5) is 42.8. The van der Waals surface area contributed by atoms with Crippen molar-refractivity contribution < 1.29 is 14.4 Å². The summed E-state index contributed by atoms with van der Waals surface area (Å²) < 4.78 is 0. The first-order chi connectivity index (χ1) is 15.5. The molecule has 1 unspecified atom stereocenters. The molecule has 1 aromatic heterocycles. The van der Waals surface area contributed by atoms with E-state index in [9.17, 15) is 14.4 Å². The summed E-state index contributed by atoms with van der Waals surface area (Å²) in [7, 11) is 0. The van der Waals surface area contributed by atoms with Gasteiger partial charge in [0, 0.05) is 44.0 Å². The lowest BCUT2D eigenvalue weighted by atomic mass is 9.98. The number of carbonyl (C=O) groups excluding carboxylic acids is 3. The lowest BCUT2D eigenvalue weighted by Gasteiger charge is -2.32.